The van der Waals surface area contributed by atoms with Crippen molar-refractivity contribution in [2.45, 2.75) is 13.8 Å². The number of hydrogen-bond donors (Lipinski definition) is 0. The lowest BCUT2D eigenvalue weighted by atomic mass is 10.2. The molecule has 1 aromatic carbocycles. The van der Waals surface area contributed by atoms with E-state index in [0.717, 1.165) is 5.56 Å². The molecule has 1 aromatic heterocycles. The van der Waals surface area contributed by atoms with Crippen molar-refractivity contribution in [1.82, 2.24) is 14.8 Å². The zero-order chi connectivity index (χ0) is 10.1. The highest BCUT2D eigenvalue weighted by Gasteiger charge is 2.05. The molecule has 4 heteroatoms. The molecule has 0 aliphatic carbocycles. The summed E-state index contributed by atoms with van der Waals surface area (Å²) in [6, 6.07) is 4.90. The standard InChI is InChI=1S/C10H10FN3/c1-7-3-4-9(11)10(5-7)14-6-12-8(2)13-14/h3-6H,1-2H3. The molecular formula is C10H10FN3. The molecule has 3 nitrogen and oxygen atoms in total. The summed E-state index contributed by atoms with van der Waals surface area (Å²) in [7, 11) is 0. The summed E-state index contributed by atoms with van der Waals surface area (Å²) in [5.74, 6) is 0.339. The Morgan fingerprint density at radius 1 is 1.29 bits per heavy atom. The van der Waals surface area contributed by atoms with Crippen molar-refractivity contribution in [2.24, 2.45) is 0 Å². The molecule has 0 unspecified atom stereocenters. The van der Waals surface area contributed by atoms with E-state index in [1.165, 1.54) is 17.1 Å². The van der Waals surface area contributed by atoms with E-state index < -0.39 is 0 Å². The van der Waals surface area contributed by atoms with Gasteiger partial charge in [-0.2, -0.15) is 5.10 Å². The lowest BCUT2D eigenvalue weighted by molar-refractivity contribution is 0.609. The maximum Gasteiger partial charge on any atom is 0.148 e. The van der Waals surface area contributed by atoms with Crippen LogP contribution in [0.15, 0.2) is 24.5 Å². The number of benzene rings is 1. The Hall–Kier alpha value is -1.71. The van der Waals surface area contributed by atoms with Gasteiger partial charge in [0, 0.05) is 0 Å². The maximum absolute atomic E-state index is 13.4. The van der Waals surface area contributed by atoms with Crippen LogP contribution in [-0.4, -0.2) is 14.8 Å². The van der Waals surface area contributed by atoms with Crippen LogP contribution in [-0.2, 0) is 0 Å². The number of hydrogen-bond acceptors (Lipinski definition) is 2. The van der Waals surface area contributed by atoms with Gasteiger partial charge in [-0.25, -0.2) is 14.1 Å². The second-order valence-corrected chi connectivity index (χ2v) is 3.19. The van der Waals surface area contributed by atoms with Gasteiger partial charge in [0.1, 0.15) is 23.7 Å². The monoisotopic (exact) mass is 191 g/mol. The van der Waals surface area contributed by atoms with E-state index in [2.05, 4.69) is 10.1 Å². The van der Waals surface area contributed by atoms with Gasteiger partial charge in [-0.15, -0.1) is 0 Å². The van der Waals surface area contributed by atoms with E-state index in [9.17, 15) is 4.39 Å². The van der Waals surface area contributed by atoms with Crippen molar-refractivity contribution in [1.29, 1.82) is 0 Å². The third kappa shape index (κ3) is 1.51. The van der Waals surface area contributed by atoms with E-state index in [-0.39, 0.29) is 5.82 Å². The molecule has 2 aromatic rings. The highest BCUT2D eigenvalue weighted by atomic mass is 19.1. The third-order valence-corrected chi connectivity index (χ3v) is 1.95. The fraction of sp³-hybridized carbons (Fsp3) is 0.200. The van der Waals surface area contributed by atoms with Gasteiger partial charge in [-0.05, 0) is 31.5 Å². The van der Waals surface area contributed by atoms with Gasteiger partial charge < -0.3 is 0 Å². The molecule has 0 fully saturated rings. The Labute approximate surface area is 81.2 Å². The van der Waals surface area contributed by atoms with Gasteiger partial charge in [0.2, 0.25) is 0 Å². The van der Waals surface area contributed by atoms with Crippen molar-refractivity contribution in [3.8, 4) is 5.69 Å². The van der Waals surface area contributed by atoms with Crippen molar-refractivity contribution < 1.29 is 4.39 Å². The van der Waals surface area contributed by atoms with Crippen LogP contribution in [0.3, 0.4) is 0 Å². The molecule has 2 rings (SSSR count). The van der Waals surface area contributed by atoms with E-state index in [1.807, 2.05) is 6.92 Å². The first-order chi connectivity index (χ1) is 6.66. The molecule has 72 valence electrons. The van der Waals surface area contributed by atoms with Gasteiger partial charge in [0.25, 0.3) is 0 Å². The highest BCUT2D eigenvalue weighted by Crippen LogP contribution is 2.13. The third-order valence-electron chi connectivity index (χ3n) is 1.95. The predicted molar refractivity (Wildman–Crippen MR) is 50.8 cm³/mol. The van der Waals surface area contributed by atoms with Crippen LogP contribution in [0.25, 0.3) is 5.69 Å². The van der Waals surface area contributed by atoms with E-state index in [1.54, 1.807) is 19.1 Å². The molecule has 0 bridgehead atoms. The maximum atomic E-state index is 13.4. The normalized spacial score (nSPS) is 10.5. The average Bonchev–Trinajstić information content (AvgIpc) is 2.56. The molecular weight excluding hydrogens is 181 g/mol. The predicted octanol–water partition coefficient (Wildman–Crippen LogP) is 2.02. The van der Waals surface area contributed by atoms with Crippen LogP contribution >= 0.6 is 0 Å². The lowest BCUT2D eigenvalue weighted by Gasteiger charge is -2.02. The number of halogens is 1. The minimum atomic E-state index is -0.291. The largest absolute Gasteiger partial charge is 0.220 e. The highest BCUT2D eigenvalue weighted by molar-refractivity contribution is 5.35. The van der Waals surface area contributed by atoms with Crippen LogP contribution in [0.2, 0.25) is 0 Å². The van der Waals surface area contributed by atoms with Crippen LogP contribution < -0.4 is 0 Å². The molecule has 0 amide bonds. The molecule has 0 saturated carbocycles. The molecule has 0 N–H and O–H groups in total. The van der Waals surface area contributed by atoms with Gasteiger partial charge >= 0.3 is 0 Å². The summed E-state index contributed by atoms with van der Waals surface area (Å²) in [6.07, 6.45) is 1.51. The smallest absolute Gasteiger partial charge is 0.148 e. The summed E-state index contributed by atoms with van der Waals surface area (Å²) in [5.41, 5.74) is 1.43. The molecule has 0 atom stereocenters. The van der Waals surface area contributed by atoms with Crippen molar-refractivity contribution in [3.05, 3.63) is 41.7 Å². The topological polar surface area (TPSA) is 30.7 Å². The molecule has 0 spiro atoms. The quantitative estimate of drug-likeness (QED) is 0.690. The first kappa shape index (κ1) is 8.87. The molecule has 0 aliphatic rings. The van der Waals surface area contributed by atoms with Crippen molar-refractivity contribution in [2.75, 3.05) is 0 Å². The Bertz CT molecular complexity index is 462. The van der Waals surface area contributed by atoms with Gasteiger partial charge in [-0.1, -0.05) is 6.07 Å². The Morgan fingerprint density at radius 3 is 2.71 bits per heavy atom. The van der Waals surface area contributed by atoms with Crippen LogP contribution in [0.4, 0.5) is 4.39 Å². The zero-order valence-electron chi connectivity index (χ0n) is 8.03. The van der Waals surface area contributed by atoms with Crippen molar-refractivity contribution >= 4 is 0 Å². The molecule has 0 radical (unpaired) electrons. The number of aryl methyl sites for hydroxylation is 2. The average molecular weight is 191 g/mol. The summed E-state index contributed by atoms with van der Waals surface area (Å²) in [4.78, 5) is 3.95. The number of nitrogens with zero attached hydrogens (tertiary/aromatic N) is 3. The van der Waals surface area contributed by atoms with E-state index in [0.29, 0.717) is 11.5 Å². The molecule has 14 heavy (non-hydrogen) atoms. The Balaban J connectivity index is 2.55. The van der Waals surface area contributed by atoms with Crippen LogP contribution in [0.1, 0.15) is 11.4 Å². The lowest BCUT2D eigenvalue weighted by Crippen LogP contribution is -1.99. The van der Waals surface area contributed by atoms with Gasteiger partial charge in [0.15, 0.2) is 0 Å². The molecule has 0 aliphatic heterocycles. The minimum absolute atomic E-state index is 0.291. The fourth-order valence-electron chi connectivity index (χ4n) is 1.26. The van der Waals surface area contributed by atoms with Gasteiger partial charge in [0.05, 0.1) is 0 Å². The zero-order valence-corrected chi connectivity index (χ0v) is 8.03. The summed E-state index contributed by atoms with van der Waals surface area (Å²) < 4.78 is 14.8. The SMILES string of the molecule is Cc1ccc(F)c(-n2cnc(C)n2)c1. The Kier molecular flexibility index (Phi) is 2.04. The number of rotatable bonds is 1. The van der Waals surface area contributed by atoms with E-state index >= 15 is 0 Å². The summed E-state index contributed by atoms with van der Waals surface area (Å²) in [5, 5.41) is 4.05. The van der Waals surface area contributed by atoms with E-state index in [4.69, 9.17) is 0 Å². The van der Waals surface area contributed by atoms with Crippen molar-refractivity contribution in [3.63, 3.8) is 0 Å². The minimum Gasteiger partial charge on any atom is -0.220 e. The Morgan fingerprint density at radius 2 is 2.07 bits per heavy atom. The fourth-order valence-corrected chi connectivity index (χ4v) is 1.26. The summed E-state index contributed by atoms with van der Waals surface area (Å²) >= 11 is 0. The molecule has 0 saturated heterocycles. The van der Waals surface area contributed by atoms with Crippen LogP contribution in [0.5, 0.6) is 0 Å². The van der Waals surface area contributed by atoms with Gasteiger partial charge in [-0.3, -0.25) is 0 Å². The molecule has 1 heterocycles. The second-order valence-electron chi connectivity index (χ2n) is 3.19. The first-order valence-electron chi connectivity index (χ1n) is 4.31. The van der Waals surface area contributed by atoms with Crippen LogP contribution in [0, 0.1) is 19.7 Å². The first-order valence-corrected chi connectivity index (χ1v) is 4.31. The number of aromatic nitrogens is 3. The summed E-state index contributed by atoms with van der Waals surface area (Å²) in [6.45, 7) is 3.68. The second kappa shape index (κ2) is 3.21.